The fourth-order valence-corrected chi connectivity index (χ4v) is 1.42. The summed E-state index contributed by atoms with van der Waals surface area (Å²) in [6.45, 7) is 2.36. The highest BCUT2D eigenvalue weighted by molar-refractivity contribution is 5.46. The fourth-order valence-electron chi connectivity index (χ4n) is 1.42. The van der Waals surface area contributed by atoms with Gasteiger partial charge in [-0.2, -0.15) is 0 Å². The summed E-state index contributed by atoms with van der Waals surface area (Å²) in [7, 11) is 1.80. The molecule has 4 nitrogen and oxygen atoms in total. The summed E-state index contributed by atoms with van der Waals surface area (Å²) in [5, 5.41) is 10.6. The van der Waals surface area contributed by atoms with Crippen molar-refractivity contribution in [2.75, 3.05) is 5.32 Å². The van der Waals surface area contributed by atoms with Crippen molar-refractivity contribution in [1.82, 2.24) is 15.0 Å². The smallest absolute Gasteiger partial charge is 0.146 e. The molecule has 0 spiro atoms. The Morgan fingerprint density at radius 1 is 1.44 bits per heavy atom. The number of hydrogen-bond donors (Lipinski definition) is 1. The molecule has 2 rings (SSSR count). The van der Waals surface area contributed by atoms with E-state index in [0.29, 0.717) is 12.2 Å². The van der Waals surface area contributed by atoms with Gasteiger partial charge in [-0.3, -0.25) is 4.68 Å². The Morgan fingerprint density at radius 2 is 2.25 bits per heavy atom. The van der Waals surface area contributed by atoms with Crippen LogP contribution in [0.2, 0.25) is 0 Å². The van der Waals surface area contributed by atoms with Gasteiger partial charge in [0.2, 0.25) is 0 Å². The van der Waals surface area contributed by atoms with Gasteiger partial charge in [0.1, 0.15) is 5.82 Å². The molecule has 1 aromatic carbocycles. The van der Waals surface area contributed by atoms with Gasteiger partial charge < -0.3 is 5.32 Å². The number of halogens is 1. The number of anilines is 1. The molecular formula is C11H13FN4. The third-order valence-corrected chi connectivity index (χ3v) is 2.39. The average molecular weight is 220 g/mol. The molecule has 84 valence electrons. The summed E-state index contributed by atoms with van der Waals surface area (Å²) in [5.74, 6) is -0.241. The molecule has 1 N–H and O–H groups in total. The molecule has 0 aliphatic carbocycles. The lowest BCUT2D eigenvalue weighted by molar-refractivity contribution is 0.627. The molecule has 16 heavy (non-hydrogen) atoms. The van der Waals surface area contributed by atoms with Crippen LogP contribution >= 0.6 is 0 Å². The lowest BCUT2D eigenvalue weighted by Gasteiger charge is -2.07. The first kappa shape index (κ1) is 10.6. The molecule has 0 unspecified atom stereocenters. The van der Waals surface area contributed by atoms with Gasteiger partial charge in [0.05, 0.1) is 24.1 Å². The molecule has 2 aromatic rings. The Labute approximate surface area is 93.1 Å². The SMILES string of the molecule is Cc1ccc(NCc2cnnn2C)c(F)c1. The van der Waals surface area contributed by atoms with E-state index in [1.54, 1.807) is 24.0 Å². The van der Waals surface area contributed by atoms with Crippen LogP contribution in [0.5, 0.6) is 0 Å². The second kappa shape index (κ2) is 4.30. The molecule has 5 heteroatoms. The van der Waals surface area contributed by atoms with Crippen LogP contribution in [0.3, 0.4) is 0 Å². The van der Waals surface area contributed by atoms with Gasteiger partial charge in [-0.1, -0.05) is 11.3 Å². The molecular weight excluding hydrogens is 207 g/mol. The first-order valence-electron chi connectivity index (χ1n) is 5.00. The number of rotatable bonds is 3. The Morgan fingerprint density at radius 3 is 2.88 bits per heavy atom. The topological polar surface area (TPSA) is 42.7 Å². The first-order chi connectivity index (χ1) is 7.66. The number of nitrogens with one attached hydrogen (secondary N) is 1. The van der Waals surface area contributed by atoms with Crippen LogP contribution in [0, 0.1) is 12.7 Å². The normalized spacial score (nSPS) is 10.4. The van der Waals surface area contributed by atoms with E-state index in [0.717, 1.165) is 11.3 Å². The van der Waals surface area contributed by atoms with Gasteiger partial charge in [0.25, 0.3) is 0 Å². The van der Waals surface area contributed by atoms with Crippen LogP contribution in [0.15, 0.2) is 24.4 Å². The summed E-state index contributed by atoms with van der Waals surface area (Å²) < 4.78 is 15.1. The van der Waals surface area contributed by atoms with Crippen molar-refractivity contribution in [3.63, 3.8) is 0 Å². The monoisotopic (exact) mass is 220 g/mol. The van der Waals surface area contributed by atoms with E-state index in [1.807, 2.05) is 13.0 Å². The van der Waals surface area contributed by atoms with Gasteiger partial charge >= 0.3 is 0 Å². The predicted octanol–water partition coefficient (Wildman–Crippen LogP) is 1.87. The second-order valence-corrected chi connectivity index (χ2v) is 3.69. The van der Waals surface area contributed by atoms with E-state index in [4.69, 9.17) is 0 Å². The molecule has 0 saturated carbocycles. The maximum Gasteiger partial charge on any atom is 0.146 e. The van der Waals surface area contributed by atoms with Crippen LogP contribution in [0.25, 0.3) is 0 Å². The minimum atomic E-state index is -0.241. The highest BCUT2D eigenvalue weighted by Gasteiger charge is 2.03. The highest BCUT2D eigenvalue weighted by atomic mass is 19.1. The third kappa shape index (κ3) is 2.18. The maximum absolute atomic E-state index is 13.5. The standard InChI is InChI=1S/C11H13FN4/c1-8-3-4-11(10(12)5-8)13-6-9-7-14-15-16(9)2/h3-5,7,13H,6H2,1-2H3. The van der Waals surface area contributed by atoms with Gasteiger partial charge in [0, 0.05) is 7.05 Å². The minimum Gasteiger partial charge on any atom is -0.377 e. The highest BCUT2D eigenvalue weighted by Crippen LogP contribution is 2.15. The quantitative estimate of drug-likeness (QED) is 0.858. The van der Waals surface area contributed by atoms with Crippen LogP contribution < -0.4 is 5.32 Å². The zero-order chi connectivity index (χ0) is 11.5. The maximum atomic E-state index is 13.5. The molecule has 0 bridgehead atoms. The number of aromatic nitrogens is 3. The molecule has 0 atom stereocenters. The summed E-state index contributed by atoms with van der Waals surface area (Å²) in [5.41, 5.74) is 2.30. The molecule has 1 heterocycles. The van der Waals surface area contributed by atoms with Gasteiger partial charge in [-0.15, -0.1) is 5.10 Å². The lowest BCUT2D eigenvalue weighted by Crippen LogP contribution is -2.06. The second-order valence-electron chi connectivity index (χ2n) is 3.69. The zero-order valence-corrected chi connectivity index (χ0v) is 9.24. The van der Waals surface area contributed by atoms with E-state index in [-0.39, 0.29) is 5.82 Å². The Kier molecular flexibility index (Phi) is 2.85. The molecule has 0 amide bonds. The molecule has 0 aliphatic rings. The van der Waals surface area contributed by atoms with Crippen molar-refractivity contribution in [2.24, 2.45) is 7.05 Å². The van der Waals surface area contributed by atoms with E-state index in [9.17, 15) is 4.39 Å². The van der Waals surface area contributed by atoms with E-state index in [1.165, 1.54) is 6.07 Å². The molecule has 0 aliphatic heterocycles. The Hall–Kier alpha value is -1.91. The van der Waals surface area contributed by atoms with Crippen molar-refractivity contribution in [1.29, 1.82) is 0 Å². The number of hydrogen-bond acceptors (Lipinski definition) is 3. The van der Waals surface area contributed by atoms with E-state index < -0.39 is 0 Å². The van der Waals surface area contributed by atoms with Gasteiger partial charge in [-0.25, -0.2) is 4.39 Å². The molecule has 1 aromatic heterocycles. The average Bonchev–Trinajstić information content (AvgIpc) is 2.63. The summed E-state index contributed by atoms with van der Waals surface area (Å²) in [6, 6.07) is 5.10. The molecule has 0 fully saturated rings. The summed E-state index contributed by atoms with van der Waals surface area (Å²) in [4.78, 5) is 0. The number of benzene rings is 1. The minimum absolute atomic E-state index is 0.241. The van der Waals surface area contributed by atoms with Crippen molar-refractivity contribution in [2.45, 2.75) is 13.5 Å². The Bertz CT molecular complexity index is 492. The van der Waals surface area contributed by atoms with Crippen LogP contribution in [0.4, 0.5) is 10.1 Å². The van der Waals surface area contributed by atoms with Crippen molar-refractivity contribution in [3.8, 4) is 0 Å². The number of aryl methyl sites for hydroxylation is 2. The van der Waals surface area contributed by atoms with E-state index >= 15 is 0 Å². The first-order valence-corrected chi connectivity index (χ1v) is 5.00. The summed E-state index contributed by atoms with van der Waals surface area (Å²) >= 11 is 0. The Balaban J connectivity index is 2.08. The van der Waals surface area contributed by atoms with Crippen LogP contribution in [0.1, 0.15) is 11.3 Å². The lowest BCUT2D eigenvalue weighted by atomic mass is 10.2. The summed E-state index contributed by atoms with van der Waals surface area (Å²) in [6.07, 6.45) is 1.65. The largest absolute Gasteiger partial charge is 0.377 e. The van der Waals surface area contributed by atoms with Crippen molar-refractivity contribution in [3.05, 3.63) is 41.5 Å². The predicted molar refractivity (Wildman–Crippen MR) is 59.5 cm³/mol. The van der Waals surface area contributed by atoms with Crippen LogP contribution in [-0.4, -0.2) is 15.0 Å². The van der Waals surface area contributed by atoms with Crippen molar-refractivity contribution < 1.29 is 4.39 Å². The zero-order valence-electron chi connectivity index (χ0n) is 9.24. The van der Waals surface area contributed by atoms with Gasteiger partial charge in [0.15, 0.2) is 0 Å². The van der Waals surface area contributed by atoms with Crippen LogP contribution in [-0.2, 0) is 13.6 Å². The fraction of sp³-hybridized carbons (Fsp3) is 0.273. The van der Waals surface area contributed by atoms with Crippen molar-refractivity contribution >= 4 is 5.69 Å². The number of nitrogens with zero attached hydrogens (tertiary/aromatic N) is 3. The molecule has 0 saturated heterocycles. The van der Waals surface area contributed by atoms with Gasteiger partial charge in [-0.05, 0) is 24.6 Å². The molecule has 0 radical (unpaired) electrons. The van der Waals surface area contributed by atoms with E-state index in [2.05, 4.69) is 15.6 Å². The third-order valence-electron chi connectivity index (χ3n) is 2.39.